The standard InChI is InChI=1S/C7H19PS.Au/c1-5-8(6-2,7-3)9-4;/h8H,5-7H2,1-4H3;. The van der Waals surface area contributed by atoms with Crippen molar-refractivity contribution in [3.8, 4) is 0 Å². The van der Waals surface area contributed by atoms with E-state index in [4.69, 9.17) is 0 Å². The van der Waals surface area contributed by atoms with Crippen LogP contribution >= 0.6 is 17.8 Å². The van der Waals surface area contributed by atoms with E-state index in [2.05, 4.69) is 38.4 Å². The van der Waals surface area contributed by atoms with Crippen molar-refractivity contribution >= 4 is 17.8 Å². The molecular formula is C7H19AuPS. The van der Waals surface area contributed by atoms with Crippen molar-refractivity contribution < 1.29 is 22.4 Å². The summed E-state index contributed by atoms with van der Waals surface area (Å²) in [7, 11) is 0. The molecule has 0 aliphatic heterocycles. The SMILES string of the molecule is CC[PH](CC)(CC)SC.[Au]. The molecule has 0 aliphatic rings. The largest absolute Gasteiger partial charge is 0 e. The van der Waals surface area contributed by atoms with Crippen LogP contribution in [0.4, 0.5) is 0 Å². The molecule has 69 valence electrons. The van der Waals surface area contributed by atoms with Crippen molar-refractivity contribution in [2.24, 2.45) is 0 Å². The summed E-state index contributed by atoms with van der Waals surface area (Å²) in [4.78, 5) is 0. The molecule has 1 radical (unpaired) electrons. The minimum atomic E-state index is -0.775. The summed E-state index contributed by atoms with van der Waals surface area (Å²) in [5.41, 5.74) is 0. The van der Waals surface area contributed by atoms with E-state index < -0.39 is 6.46 Å². The van der Waals surface area contributed by atoms with Gasteiger partial charge in [0.2, 0.25) is 0 Å². The van der Waals surface area contributed by atoms with Gasteiger partial charge in [-0.2, -0.15) is 0 Å². The van der Waals surface area contributed by atoms with Gasteiger partial charge >= 0.3 is 63.4 Å². The third-order valence-corrected chi connectivity index (χ3v) is 12.3. The monoisotopic (exact) mass is 363 g/mol. The van der Waals surface area contributed by atoms with Crippen LogP contribution in [0, 0.1) is 0 Å². The molecule has 0 saturated carbocycles. The summed E-state index contributed by atoms with van der Waals surface area (Å²) in [5, 5.41) is 0. The second-order valence-electron chi connectivity index (χ2n) is 2.45. The van der Waals surface area contributed by atoms with Gasteiger partial charge in [-0.05, 0) is 0 Å². The van der Waals surface area contributed by atoms with Crippen molar-refractivity contribution in [2.45, 2.75) is 20.8 Å². The summed E-state index contributed by atoms with van der Waals surface area (Å²) >= 11 is 2.16. The van der Waals surface area contributed by atoms with E-state index in [1.807, 2.05) is 0 Å². The van der Waals surface area contributed by atoms with Crippen molar-refractivity contribution in [3.63, 3.8) is 0 Å². The normalized spacial score (nSPS) is 12.4. The third kappa shape index (κ3) is 3.78. The van der Waals surface area contributed by atoms with E-state index in [-0.39, 0.29) is 22.4 Å². The Hall–Kier alpha value is 1.52. The molecule has 0 N–H and O–H groups in total. The van der Waals surface area contributed by atoms with Gasteiger partial charge in [-0.3, -0.25) is 0 Å². The molecule has 0 nitrogen and oxygen atoms in total. The molecule has 0 amide bonds. The predicted molar refractivity (Wildman–Crippen MR) is 53.5 cm³/mol. The van der Waals surface area contributed by atoms with Gasteiger partial charge in [0.1, 0.15) is 0 Å². The maximum Gasteiger partial charge on any atom is 0 e. The summed E-state index contributed by atoms with van der Waals surface area (Å²) < 4.78 is 0. The second-order valence-corrected chi connectivity index (χ2v) is 11.2. The average Bonchev–Trinajstić information content (AvgIpc) is 1.95. The van der Waals surface area contributed by atoms with E-state index in [9.17, 15) is 0 Å². The molecule has 0 saturated heterocycles. The maximum atomic E-state index is 2.34. The molecule has 0 aromatic carbocycles. The Morgan fingerprint density at radius 2 is 1.30 bits per heavy atom. The van der Waals surface area contributed by atoms with Gasteiger partial charge in [0.05, 0.1) is 0 Å². The van der Waals surface area contributed by atoms with Crippen LogP contribution in [0.1, 0.15) is 20.8 Å². The first kappa shape index (κ1) is 14.1. The van der Waals surface area contributed by atoms with Gasteiger partial charge in [-0.25, -0.2) is 0 Å². The molecule has 0 atom stereocenters. The summed E-state index contributed by atoms with van der Waals surface area (Å²) in [6, 6.07) is 0. The van der Waals surface area contributed by atoms with Crippen LogP contribution in [0.25, 0.3) is 0 Å². The van der Waals surface area contributed by atoms with Crippen LogP contribution in [0.2, 0.25) is 0 Å². The molecule has 0 rings (SSSR count). The van der Waals surface area contributed by atoms with Gasteiger partial charge in [-0.1, -0.05) is 0 Å². The third-order valence-electron chi connectivity index (χ3n) is 2.37. The zero-order valence-corrected chi connectivity index (χ0v) is 11.3. The minimum Gasteiger partial charge on any atom is 0 e. The van der Waals surface area contributed by atoms with E-state index in [1.54, 1.807) is 0 Å². The van der Waals surface area contributed by atoms with Crippen LogP contribution in [0.5, 0.6) is 0 Å². The molecule has 0 spiro atoms. The van der Waals surface area contributed by atoms with Crippen LogP contribution in [0.15, 0.2) is 0 Å². The van der Waals surface area contributed by atoms with E-state index in [0.717, 1.165) is 0 Å². The van der Waals surface area contributed by atoms with E-state index in [1.165, 1.54) is 18.5 Å². The zero-order chi connectivity index (χ0) is 7.33. The quantitative estimate of drug-likeness (QED) is 0.547. The molecule has 0 fully saturated rings. The Labute approximate surface area is 85.5 Å². The first-order chi connectivity index (χ1) is 4.24. The Morgan fingerprint density at radius 1 is 1.00 bits per heavy atom. The summed E-state index contributed by atoms with van der Waals surface area (Å²) in [6.45, 7) is 6.25. The molecular weight excluding hydrogens is 344 g/mol. The number of hydrogen-bond acceptors (Lipinski definition) is 1. The van der Waals surface area contributed by atoms with Gasteiger partial charge in [-0.15, -0.1) is 0 Å². The Balaban J connectivity index is 0. The molecule has 0 aliphatic carbocycles. The zero-order valence-electron chi connectivity index (χ0n) is 7.33. The summed E-state index contributed by atoms with van der Waals surface area (Å²) in [5.74, 6) is 0. The minimum absolute atomic E-state index is 0. The second kappa shape index (κ2) is 7.18. The van der Waals surface area contributed by atoms with Crippen molar-refractivity contribution in [1.29, 1.82) is 0 Å². The molecule has 0 aromatic heterocycles. The fraction of sp³-hybridized carbons (Fsp3) is 1.00. The number of rotatable bonds is 4. The van der Waals surface area contributed by atoms with Crippen molar-refractivity contribution in [1.82, 2.24) is 0 Å². The van der Waals surface area contributed by atoms with Crippen LogP contribution in [-0.2, 0) is 22.4 Å². The fourth-order valence-corrected chi connectivity index (χ4v) is 6.15. The fourth-order valence-electron chi connectivity index (χ4n) is 1.18. The number of hydrogen-bond donors (Lipinski definition) is 0. The summed E-state index contributed by atoms with van der Waals surface area (Å²) in [6.07, 6.45) is 6.62. The van der Waals surface area contributed by atoms with Gasteiger partial charge in [0.15, 0.2) is 0 Å². The average molecular weight is 363 g/mol. The Kier molecular flexibility index (Phi) is 10.1. The molecule has 3 heteroatoms. The van der Waals surface area contributed by atoms with Crippen LogP contribution in [0.3, 0.4) is 0 Å². The smallest absolute Gasteiger partial charge is 0 e. The molecule has 0 bridgehead atoms. The van der Waals surface area contributed by atoms with Crippen molar-refractivity contribution in [3.05, 3.63) is 0 Å². The van der Waals surface area contributed by atoms with Gasteiger partial charge < -0.3 is 0 Å². The molecule has 0 heterocycles. The molecule has 0 aromatic rings. The Bertz CT molecular complexity index is 56.5. The van der Waals surface area contributed by atoms with Crippen molar-refractivity contribution in [2.75, 3.05) is 24.7 Å². The first-order valence-corrected chi connectivity index (χ1v) is 8.37. The first-order valence-electron chi connectivity index (χ1n) is 3.79. The molecule has 10 heavy (non-hydrogen) atoms. The maximum absolute atomic E-state index is 2.34. The van der Waals surface area contributed by atoms with Gasteiger partial charge in [0, 0.05) is 22.4 Å². The Morgan fingerprint density at radius 3 is 1.30 bits per heavy atom. The van der Waals surface area contributed by atoms with E-state index >= 15 is 0 Å². The topological polar surface area (TPSA) is 0 Å². The predicted octanol–water partition coefficient (Wildman–Crippen LogP) is 3.07. The molecule has 0 unspecified atom stereocenters. The van der Waals surface area contributed by atoms with Crippen LogP contribution < -0.4 is 0 Å². The van der Waals surface area contributed by atoms with Gasteiger partial charge in [0.25, 0.3) is 0 Å². The van der Waals surface area contributed by atoms with E-state index in [0.29, 0.717) is 0 Å². The van der Waals surface area contributed by atoms with Crippen LogP contribution in [-0.4, -0.2) is 24.7 Å².